The van der Waals surface area contributed by atoms with E-state index in [1.807, 2.05) is 11.6 Å². The molecule has 6 heteroatoms. The molecule has 0 aliphatic heterocycles. The van der Waals surface area contributed by atoms with E-state index in [0.717, 1.165) is 5.56 Å². The summed E-state index contributed by atoms with van der Waals surface area (Å²) in [6, 6.07) is 4.89. The molecule has 2 aromatic heterocycles. The zero-order chi connectivity index (χ0) is 13.6. The number of benzene rings is 1. The Labute approximate surface area is 122 Å². The Morgan fingerprint density at radius 2 is 2.16 bits per heavy atom. The fourth-order valence-corrected chi connectivity index (χ4v) is 2.52. The van der Waals surface area contributed by atoms with Crippen LogP contribution in [0.5, 0.6) is 0 Å². The Morgan fingerprint density at radius 3 is 2.89 bits per heavy atom. The molecule has 1 aromatic carbocycles. The van der Waals surface area contributed by atoms with Gasteiger partial charge in [-0.15, -0.1) is 0 Å². The Bertz CT molecular complexity index is 785. The number of pyridine rings is 1. The Kier molecular flexibility index (Phi) is 3.03. The summed E-state index contributed by atoms with van der Waals surface area (Å²) in [5, 5.41) is 0.514. The Morgan fingerprint density at radius 1 is 1.37 bits per heavy atom. The van der Waals surface area contributed by atoms with Gasteiger partial charge in [-0.3, -0.25) is 4.98 Å². The fraction of sp³-hybridized carbons (Fsp3) is 0.0769. The van der Waals surface area contributed by atoms with Crippen LogP contribution < -0.4 is 0 Å². The van der Waals surface area contributed by atoms with Gasteiger partial charge in [0.2, 0.25) is 0 Å². The highest BCUT2D eigenvalue weighted by molar-refractivity contribution is 9.10. The minimum Gasteiger partial charge on any atom is -0.327 e. The number of aromatic nitrogens is 3. The minimum absolute atomic E-state index is 0.317. The van der Waals surface area contributed by atoms with Crippen molar-refractivity contribution in [2.45, 2.75) is 0 Å². The first-order chi connectivity index (χ1) is 9.08. The van der Waals surface area contributed by atoms with E-state index in [0.29, 0.717) is 26.4 Å². The van der Waals surface area contributed by atoms with Crippen molar-refractivity contribution in [3.05, 3.63) is 45.9 Å². The van der Waals surface area contributed by atoms with E-state index in [4.69, 9.17) is 11.6 Å². The van der Waals surface area contributed by atoms with E-state index in [1.54, 1.807) is 24.5 Å². The molecule has 0 unspecified atom stereocenters. The SMILES string of the molecule is Cn1c(-c2ccncc2Cl)nc2cc(Br)c(F)cc21. The molecule has 96 valence electrons. The van der Waals surface area contributed by atoms with Gasteiger partial charge in [-0.25, -0.2) is 9.37 Å². The van der Waals surface area contributed by atoms with Gasteiger partial charge in [-0.1, -0.05) is 11.6 Å². The number of aryl methyl sites for hydroxylation is 1. The van der Waals surface area contributed by atoms with Gasteiger partial charge in [-0.2, -0.15) is 0 Å². The molecule has 0 atom stereocenters. The molecule has 0 bridgehead atoms. The second kappa shape index (κ2) is 4.58. The number of hydrogen-bond donors (Lipinski definition) is 0. The summed E-state index contributed by atoms with van der Waals surface area (Å²) >= 11 is 9.28. The molecule has 0 saturated carbocycles. The van der Waals surface area contributed by atoms with Gasteiger partial charge < -0.3 is 4.57 Å². The molecular formula is C13H8BrClFN3. The maximum atomic E-state index is 13.6. The normalized spacial score (nSPS) is 11.2. The van der Waals surface area contributed by atoms with Gasteiger partial charge in [-0.05, 0) is 28.1 Å². The van der Waals surface area contributed by atoms with Crippen LogP contribution in [0.2, 0.25) is 5.02 Å². The Hall–Kier alpha value is -1.46. The monoisotopic (exact) mass is 339 g/mol. The summed E-state index contributed by atoms with van der Waals surface area (Å²) in [6.07, 6.45) is 3.21. The number of hydrogen-bond acceptors (Lipinski definition) is 2. The highest BCUT2D eigenvalue weighted by Gasteiger charge is 2.14. The van der Waals surface area contributed by atoms with Gasteiger partial charge in [0.25, 0.3) is 0 Å². The van der Waals surface area contributed by atoms with Crippen LogP contribution in [0.25, 0.3) is 22.4 Å². The van der Waals surface area contributed by atoms with Crippen molar-refractivity contribution >= 4 is 38.6 Å². The van der Waals surface area contributed by atoms with Crippen LogP contribution in [0.3, 0.4) is 0 Å². The van der Waals surface area contributed by atoms with Crippen LogP contribution in [0.4, 0.5) is 4.39 Å². The molecule has 3 rings (SSSR count). The first-order valence-corrected chi connectivity index (χ1v) is 6.66. The zero-order valence-corrected chi connectivity index (χ0v) is 12.2. The van der Waals surface area contributed by atoms with Crippen molar-refractivity contribution in [1.82, 2.24) is 14.5 Å². The molecule has 19 heavy (non-hydrogen) atoms. The molecule has 0 radical (unpaired) electrons. The quantitative estimate of drug-likeness (QED) is 0.665. The summed E-state index contributed by atoms with van der Waals surface area (Å²) in [4.78, 5) is 8.45. The molecule has 0 spiro atoms. The van der Waals surface area contributed by atoms with Crippen molar-refractivity contribution < 1.29 is 4.39 Å². The van der Waals surface area contributed by atoms with Gasteiger partial charge >= 0.3 is 0 Å². The highest BCUT2D eigenvalue weighted by atomic mass is 79.9. The Balaban J connectivity index is 2.32. The lowest BCUT2D eigenvalue weighted by Crippen LogP contribution is -1.93. The summed E-state index contributed by atoms with van der Waals surface area (Å²) in [5.74, 6) is 0.364. The molecule has 0 N–H and O–H groups in total. The van der Waals surface area contributed by atoms with Crippen LogP contribution >= 0.6 is 27.5 Å². The van der Waals surface area contributed by atoms with Crippen LogP contribution in [0.1, 0.15) is 0 Å². The number of fused-ring (bicyclic) bond motifs is 1. The van der Waals surface area contributed by atoms with E-state index >= 15 is 0 Å². The fourth-order valence-electron chi connectivity index (χ4n) is 1.98. The lowest BCUT2D eigenvalue weighted by Gasteiger charge is -2.03. The van der Waals surface area contributed by atoms with E-state index in [2.05, 4.69) is 25.9 Å². The predicted octanol–water partition coefficient (Wildman–Crippen LogP) is 4.19. The van der Waals surface area contributed by atoms with Crippen molar-refractivity contribution in [3.8, 4) is 11.4 Å². The van der Waals surface area contributed by atoms with E-state index in [9.17, 15) is 4.39 Å². The summed E-state index contributed by atoms with van der Waals surface area (Å²) in [5.41, 5.74) is 2.19. The van der Waals surface area contributed by atoms with Crippen LogP contribution in [0.15, 0.2) is 35.1 Å². The van der Waals surface area contributed by atoms with Crippen molar-refractivity contribution in [2.24, 2.45) is 7.05 Å². The maximum absolute atomic E-state index is 13.6. The lowest BCUT2D eigenvalue weighted by atomic mass is 10.2. The molecular weight excluding hydrogens is 333 g/mol. The molecule has 0 saturated heterocycles. The summed E-state index contributed by atoms with van der Waals surface area (Å²) < 4.78 is 15.8. The van der Waals surface area contributed by atoms with Crippen molar-refractivity contribution in [3.63, 3.8) is 0 Å². The average Bonchev–Trinajstić information content (AvgIpc) is 2.68. The topological polar surface area (TPSA) is 30.7 Å². The number of nitrogens with zero attached hydrogens (tertiary/aromatic N) is 3. The third-order valence-electron chi connectivity index (χ3n) is 2.94. The second-order valence-electron chi connectivity index (χ2n) is 4.10. The number of halogens is 3. The number of imidazole rings is 1. The largest absolute Gasteiger partial charge is 0.327 e. The minimum atomic E-state index is -0.317. The maximum Gasteiger partial charge on any atom is 0.142 e. The molecule has 2 heterocycles. The lowest BCUT2D eigenvalue weighted by molar-refractivity contribution is 0.622. The standard InChI is InChI=1S/C13H8BrClFN3/c1-19-12-5-10(16)8(14)4-11(12)18-13(19)7-2-3-17-6-9(7)15/h2-6H,1H3. The number of rotatable bonds is 1. The van der Waals surface area contributed by atoms with E-state index in [1.165, 1.54) is 6.07 Å². The van der Waals surface area contributed by atoms with Crippen LogP contribution in [-0.2, 0) is 7.05 Å². The molecule has 0 aliphatic carbocycles. The van der Waals surface area contributed by atoms with Crippen LogP contribution in [0, 0.1) is 5.82 Å². The average molecular weight is 341 g/mol. The first-order valence-electron chi connectivity index (χ1n) is 5.49. The van der Waals surface area contributed by atoms with E-state index in [-0.39, 0.29) is 5.82 Å². The third-order valence-corrected chi connectivity index (χ3v) is 3.85. The first kappa shape index (κ1) is 12.6. The van der Waals surface area contributed by atoms with Gasteiger partial charge in [0.15, 0.2) is 0 Å². The molecule has 0 fully saturated rings. The van der Waals surface area contributed by atoms with Crippen molar-refractivity contribution in [1.29, 1.82) is 0 Å². The van der Waals surface area contributed by atoms with Crippen LogP contribution in [-0.4, -0.2) is 14.5 Å². The molecule has 3 nitrogen and oxygen atoms in total. The smallest absolute Gasteiger partial charge is 0.142 e. The summed E-state index contributed by atoms with van der Waals surface area (Å²) in [7, 11) is 1.83. The molecule has 3 aromatic rings. The zero-order valence-electron chi connectivity index (χ0n) is 9.86. The second-order valence-corrected chi connectivity index (χ2v) is 5.37. The predicted molar refractivity (Wildman–Crippen MR) is 76.6 cm³/mol. The molecule has 0 aliphatic rings. The van der Waals surface area contributed by atoms with Crippen molar-refractivity contribution in [2.75, 3.05) is 0 Å². The highest BCUT2D eigenvalue weighted by Crippen LogP contribution is 2.30. The van der Waals surface area contributed by atoms with Gasteiger partial charge in [0.1, 0.15) is 11.6 Å². The van der Waals surface area contributed by atoms with Gasteiger partial charge in [0.05, 0.1) is 20.5 Å². The molecule has 0 amide bonds. The summed E-state index contributed by atoms with van der Waals surface area (Å²) in [6.45, 7) is 0. The van der Waals surface area contributed by atoms with Gasteiger partial charge in [0, 0.05) is 31.1 Å². The van der Waals surface area contributed by atoms with E-state index < -0.39 is 0 Å². The third kappa shape index (κ3) is 2.03.